The Labute approximate surface area is 142 Å². The van der Waals surface area contributed by atoms with Crippen LogP contribution in [-0.4, -0.2) is 67.8 Å². The van der Waals surface area contributed by atoms with E-state index in [4.69, 9.17) is 4.74 Å². The largest absolute Gasteiger partial charge is 0.378 e. The summed E-state index contributed by atoms with van der Waals surface area (Å²) in [5, 5.41) is -0.318. The third-order valence-corrected chi connectivity index (χ3v) is 7.58. The second-order valence-corrected chi connectivity index (χ2v) is 10.1. The van der Waals surface area contributed by atoms with Gasteiger partial charge < -0.3 is 9.64 Å². The van der Waals surface area contributed by atoms with Gasteiger partial charge in [0.1, 0.15) is 0 Å². The summed E-state index contributed by atoms with van der Waals surface area (Å²) in [6, 6.07) is 0.628. The molecular weight excluding hydrogens is 312 g/mol. The van der Waals surface area contributed by atoms with E-state index < -0.39 is 10.0 Å². The van der Waals surface area contributed by atoms with Crippen LogP contribution in [0.2, 0.25) is 0 Å². The monoisotopic (exact) mass is 346 g/mol. The van der Waals surface area contributed by atoms with E-state index in [9.17, 15) is 8.42 Å². The zero-order valence-corrected chi connectivity index (χ0v) is 16.0. The molecule has 0 aromatic heterocycles. The molecule has 23 heavy (non-hydrogen) atoms. The molecule has 0 radical (unpaired) electrons. The molecule has 0 atom stereocenters. The lowest BCUT2D eigenvalue weighted by atomic mass is 9.99. The highest BCUT2D eigenvalue weighted by atomic mass is 32.2. The molecule has 6 heteroatoms. The van der Waals surface area contributed by atoms with Gasteiger partial charge in [-0.05, 0) is 59.3 Å². The van der Waals surface area contributed by atoms with Gasteiger partial charge in [-0.2, -0.15) is 0 Å². The number of nitrogens with zero attached hydrogens (tertiary/aromatic N) is 2. The van der Waals surface area contributed by atoms with Crippen LogP contribution in [0.4, 0.5) is 0 Å². The fourth-order valence-electron chi connectivity index (χ4n) is 3.46. The Bertz CT molecular complexity index is 448. The first-order valence-electron chi connectivity index (χ1n) is 9.15. The third-order valence-electron chi connectivity index (χ3n) is 5.30. The minimum absolute atomic E-state index is 0.318. The fraction of sp³-hybridized carbons (Fsp3) is 1.00. The summed E-state index contributed by atoms with van der Waals surface area (Å²) in [5.74, 6) is 0.511. The van der Waals surface area contributed by atoms with E-state index in [1.165, 1.54) is 0 Å². The van der Waals surface area contributed by atoms with Gasteiger partial charge in [0.2, 0.25) is 10.0 Å². The first-order chi connectivity index (χ1) is 10.8. The van der Waals surface area contributed by atoms with Gasteiger partial charge in [-0.3, -0.25) is 0 Å². The van der Waals surface area contributed by atoms with Crippen LogP contribution in [0, 0.1) is 5.92 Å². The summed E-state index contributed by atoms with van der Waals surface area (Å²) in [5.41, 5.74) is 0. The molecule has 0 aromatic carbocycles. The van der Waals surface area contributed by atoms with E-state index in [1.807, 2.05) is 0 Å². The Morgan fingerprint density at radius 2 is 1.52 bits per heavy atom. The molecule has 136 valence electrons. The van der Waals surface area contributed by atoms with Gasteiger partial charge in [0.05, 0.1) is 11.4 Å². The van der Waals surface area contributed by atoms with Crippen molar-refractivity contribution in [2.75, 3.05) is 32.8 Å². The van der Waals surface area contributed by atoms with E-state index in [-0.39, 0.29) is 5.25 Å². The normalized spacial score (nSPS) is 23.9. The maximum Gasteiger partial charge on any atom is 0.216 e. The molecule has 0 unspecified atom stereocenters. The quantitative estimate of drug-likeness (QED) is 0.741. The molecule has 0 spiro atoms. The van der Waals surface area contributed by atoms with Gasteiger partial charge in [-0.15, -0.1) is 0 Å². The lowest BCUT2D eigenvalue weighted by molar-refractivity contribution is -0.0204. The zero-order chi connectivity index (χ0) is 17.0. The van der Waals surface area contributed by atoms with Crippen molar-refractivity contribution < 1.29 is 13.2 Å². The van der Waals surface area contributed by atoms with Crippen LogP contribution in [0.5, 0.6) is 0 Å². The predicted molar refractivity (Wildman–Crippen MR) is 94.0 cm³/mol. The zero-order valence-electron chi connectivity index (χ0n) is 15.2. The second-order valence-electron chi connectivity index (χ2n) is 7.60. The summed E-state index contributed by atoms with van der Waals surface area (Å²) in [4.78, 5) is 2.51. The topological polar surface area (TPSA) is 49.9 Å². The van der Waals surface area contributed by atoms with Crippen LogP contribution >= 0.6 is 0 Å². The van der Waals surface area contributed by atoms with Crippen LogP contribution in [-0.2, 0) is 14.8 Å². The number of ether oxygens (including phenoxy) is 1. The molecule has 2 aliphatic rings. The van der Waals surface area contributed by atoms with Gasteiger partial charge in [0.25, 0.3) is 0 Å². The summed E-state index contributed by atoms with van der Waals surface area (Å²) in [6.07, 6.45) is 4.49. The SMILES string of the molecule is CC(C)N1CCC(OCC2CCN(S(=O)(=O)C(C)C)CC2)CC1. The number of hydrogen-bond acceptors (Lipinski definition) is 4. The Balaban J connectivity index is 1.68. The lowest BCUT2D eigenvalue weighted by Crippen LogP contribution is -2.43. The average molecular weight is 347 g/mol. The van der Waals surface area contributed by atoms with E-state index in [0.29, 0.717) is 31.2 Å². The Hall–Kier alpha value is -0.170. The maximum absolute atomic E-state index is 12.2. The third kappa shape index (κ3) is 5.15. The lowest BCUT2D eigenvalue weighted by Gasteiger charge is -2.36. The summed E-state index contributed by atoms with van der Waals surface area (Å²) >= 11 is 0. The van der Waals surface area contributed by atoms with Crippen LogP contribution in [0.3, 0.4) is 0 Å². The molecule has 2 heterocycles. The minimum atomic E-state index is -3.09. The van der Waals surface area contributed by atoms with Crippen molar-refractivity contribution in [3.63, 3.8) is 0 Å². The standard InChI is InChI=1S/C17H34N2O3S/c1-14(2)18-9-7-17(8-10-18)22-13-16-5-11-19(12-6-16)23(20,21)15(3)4/h14-17H,5-13H2,1-4H3. The van der Waals surface area contributed by atoms with Crippen LogP contribution < -0.4 is 0 Å². The first-order valence-corrected chi connectivity index (χ1v) is 10.7. The second kappa shape index (κ2) is 8.28. The van der Waals surface area contributed by atoms with Gasteiger partial charge in [0, 0.05) is 38.8 Å². The molecule has 2 aliphatic heterocycles. The van der Waals surface area contributed by atoms with Crippen molar-refractivity contribution in [2.45, 2.75) is 70.8 Å². The number of hydrogen-bond donors (Lipinski definition) is 0. The molecule has 2 saturated heterocycles. The molecule has 0 amide bonds. The van der Waals surface area contributed by atoms with Gasteiger partial charge in [-0.1, -0.05) is 0 Å². The highest BCUT2D eigenvalue weighted by Crippen LogP contribution is 2.23. The summed E-state index contributed by atoms with van der Waals surface area (Å²) in [6.45, 7) is 12.4. The molecular formula is C17H34N2O3S. The molecule has 0 bridgehead atoms. The van der Waals surface area contributed by atoms with Crippen LogP contribution in [0.15, 0.2) is 0 Å². The summed E-state index contributed by atoms with van der Waals surface area (Å²) < 4.78 is 32.1. The minimum Gasteiger partial charge on any atom is -0.378 e. The summed E-state index contributed by atoms with van der Waals surface area (Å²) in [7, 11) is -3.09. The number of rotatable bonds is 6. The van der Waals surface area contributed by atoms with E-state index in [0.717, 1.165) is 45.4 Å². The van der Waals surface area contributed by atoms with Gasteiger partial charge >= 0.3 is 0 Å². The molecule has 0 saturated carbocycles. The molecule has 2 fully saturated rings. The molecule has 5 nitrogen and oxygen atoms in total. The van der Waals surface area contributed by atoms with Crippen LogP contribution in [0.25, 0.3) is 0 Å². The van der Waals surface area contributed by atoms with Crippen molar-refractivity contribution in [2.24, 2.45) is 5.92 Å². The molecule has 0 N–H and O–H groups in total. The highest BCUT2D eigenvalue weighted by Gasteiger charge is 2.30. The molecule has 0 aromatic rings. The van der Waals surface area contributed by atoms with E-state index in [2.05, 4.69) is 18.7 Å². The smallest absolute Gasteiger partial charge is 0.216 e. The van der Waals surface area contributed by atoms with Crippen LogP contribution in [0.1, 0.15) is 53.4 Å². The first kappa shape index (κ1) is 19.2. The van der Waals surface area contributed by atoms with Gasteiger partial charge in [0.15, 0.2) is 0 Å². The van der Waals surface area contributed by atoms with E-state index >= 15 is 0 Å². The van der Waals surface area contributed by atoms with E-state index in [1.54, 1.807) is 18.2 Å². The molecule has 2 rings (SSSR count). The van der Waals surface area contributed by atoms with Crippen molar-refractivity contribution in [3.8, 4) is 0 Å². The predicted octanol–water partition coefficient (Wildman–Crippen LogP) is 2.33. The maximum atomic E-state index is 12.2. The molecule has 0 aliphatic carbocycles. The fourth-order valence-corrected chi connectivity index (χ4v) is 4.78. The van der Waals surface area contributed by atoms with Gasteiger partial charge in [-0.25, -0.2) is 12.7 Å². The Morgan fingerprint density at radius 3 is 2.00 bits per heavy atom. The number of likely N-dealkylation sites (tertiary alicyclic amines) is 1. The number of sulfonamides is 1. The van der Waals surface area contributed by atoms with Crippen molar-refractivity contribution in [1.82, 2.24) is 9.21 Å². The van der Waals surface area contributed by atoms with Crippen molar-refractivity contribution >= 4 is 10.0 Å². The Morgan fingerprint density at radius 1 is 0.957 bits per heavy atom. The Kier molecular flexibility index (Phi) is 6.89. The number of piperidine rings is 2. The van der Waals surface area contributed by atoms with Crippen molar-refractivity contribution in [1.29, 1.82) is 0 Å². The average Bonchev–Trinajstić information content (AvgIpc) is 2.53. The van der Waals surface area contributed by atoms with Crippen molar-refractivity contribution in [3.05, 3.63) is 0 Å². The highest BCUT2D eigenvalue weighted by molar-refractivity contribution is 7.89.